The van der Waals surface area contributed by atoms with Crippen LogP contribution in [0, 0.1) is 11.7 Å². The quantitative estimate of drug-likeness (QED) is 0.791. The molecule has 0 radical (unpaired) electrons. The van der Waals surface area contributed by atoms with E-state index >= 15 is 0 Å². The zero-order valence-electron chi connectivity index (χ0n) is 10.9. The van der Waals surface area contributed by atoms with Crippen molar-refractivity contribution in [2.24, 2.45) is 5.92 Å². The topological polar surface area (TPSA) is 23.5 Å². The molecule has 2 heterocycles. The van der Waals surface area contributed by atoms with E-state index in [0.717, 1.165) is 12.0 Å². The summed E-state index contributed by atoms with van der Waals surface area (Å²) in [6.07, 6.45) is 3.06. The number of halogens is 2. The number of aliphatic hydroxyl groups is 1. The summed E-state index contributed by atoms with van der Waals surface area (Å²) in [4.78, 5) is 2.44. The number of aliphatic hydroxyl groups excluding tert-OH is 1. The highest BCUT2D eigenvalue weighted by Gasteiger charge is 2.52. The van der Waals surface area contributed by atoms with E-state index in [1.807, 2.05) is 6.07 Å². The lowest BCUT2D eigenvalue weighted by Crippen LogP contribution is -2.45. The Morgan fingerprint density at radius 1 is 1.26 bits per heavy atom. The minimum atomic E-state index is -0.479. The third kappa shape index (κ3) is 1.68. The monoisotopic (exact) mass is 283 g/mol. The first-order chi connectivity index (χ1) is 8.66. The number of rotatable bonds is 0. The molecule has 0 amide bonds. The Hall–Kier alpha value is -0.640. The van der Waals surface area contributed by atoms with Gasteiger partial charge in [-0.2, -0.15) is 0 Å². The van der Waals surface area contributed by atoms with Gasteiger partial charge in [-0.3, -0.25) is 0 Å². The van der Waals surface area contributed by atoms with Crippen molar-refractivity contribution in [1.82, 2.24) is 4.90 Å². The van der Waals surface area contributed by atoms with Crippen molar-refractivity contribution in [3.05, 3.63) is 35.1 Å². The number of fused-ring (bicyclic) bond motifs is 6. The summed E-state index contributed by atoms with van der Waals surface area (Å²) in [7, 11) is 2.18. The first kappa shape index (κ1) is 13.3. The summed E-state index contributed by atoms with van der Waals surface area (Å²) in [6.45, 7) is 0. The fourth-order valence-corrected chi connectivity index (χ4v) is 4.62. The molecular formula is C15H19ClFNO. The predicted octanol–water partition coefficient (Wildman–Crippen LogP) is 2.86. The van der Waals surface area contributed by atoms with E-state index in [4.69, 9.17) is 0 Å². The van der Waals surface area contributed by atoms with E-state index in [-0.39, 0.29) is 24.1 Å². The molecule has 2 nitrogen and oxygen atoms in total. The summed E-state index contributed by atoms with van der Waals surface area (Å²) < 4.78 is 13.4. The van der Waals surface area contributed by atoms with Gasteiger partial charge in [0, 0.05) is 18.0 Å². The van der Waals surface area contributed by atoms with Gasteiger partial charge >= 0.3 is 0 Å². The summed E-state index contributed by atoms with van der Waals surface area (Å²) in [5.74, 6) is 0.472. The van der Waals surface area contributed by atoms with E-state index in [9.17, 15) is 9.50 Å². The molecule has 0 saturated carbocycles. The Morgan fingerprint density at radius 2 is 2.05 bits per heavy atom. The van der Waals surface area contributed by atoms with E-state index in [1.165, 1.54) is 30.5 Å². The van der Waals surface area contributed by atoms with Crippen LogP contribution in [-0.4, -0.2) is 29.1 Å². The molecular weight excluding hydrogens is 265 g/mol. The molecule has 0 spiro atoms. The molecule has 2 saturated heterocycles. The van der Waals surface area contributed by atoms with Crippen LogP contribution < -0.4 is 0 Å². The minimum Gasteiger partial charge on any atom is -0.388 e. The molecule has 2 bridgehead atoms. The smallest absolute Gasteiger partial charge is 0.123 e. The molecule has 19 heavy (non-hydrogen) atoms. The molecule has 2 aliphatic heterocycles. The average Bonchev–Trinajstić information content (AvgIpc) is 2.74. The Balaban J connectivity index is 0.00000110. The summed E-state index contributed by atoms with van der Waals surface area (Å²) >= 11 is 0. The standard InChI is InChI=1S/C15H18FNO.ClH/c1-17-9-3-5-13(17)14-11(7-9)10-4-2-8(16)6-12(10)15(14)18;/h2,4,6,9,11,13-15,18H,3,5,7H2,1H3;1H. The molecule has 104 valence electrons. The van der Waals surface area contributed by atoms with Gasteiger partial charge in [0.15, 0.2) is 0 Å². The van der Waals surface area contributed by atoms with Crippen LogP contribution in [-0.2, 0) is 0 Å². The predicted molar refractivity (Wildman–Crippen MR) is 74.0 cm³/mol. The van der Waals surface area contributed by atoms with E-state index in [1.54, 1.807) is 0 Å². The molecule has 1 aromatic rings. The van der Waals surface area contributed by atoms with Crippen molar-refractivity contribution >= 4 is 12.4 Å². The van der Waals surface area contributed by atoms with Crippen molar-refractivity contribution in [2.45, 2.75) is 43.4 Å². The van der Waals surface area contributed by atoms with Crippen molar-refractivity contribution in [1.29, 1.82) is 0 Å². The first-order valence-electron chi connectivity index (χ1n) is 6.86. The molecule has 5 unspecified atom stereocenters. The van der Waals surface area contributed by atoms with Gasteiger partial charge in [-0.1, -0.05) is 6.07 Å². The number of hydrogen-bond acceptors (Lipinski definition) is 2. The number of nitrogens with zero attached hydrogens (tertiary/aromatic N) is 1. The van der Waals surface area contributed by atoms with Crippen LogP contribution in [0.1, 0.15) is 42.4 Å². The second-order valence-corrected chi connectivity index (χ2v) is 6.10. The molecule has 4 rings (SSSR count). The van der Waals surface area contributed by atoms with E-state index in [2.05, 4.69) is 11.9 Å². The van der Waals surface area contributed by atoms with Crippen molar-refractivity contribution in [3.63, 3.8) is 0 Å². The van der Waals surface area contributed by atoms with Crippen molar-refractivity contribution in [3.8, 4) is 0 Å². The lowest BCUT2D eigenvalue weighted by atomic mass is 9.80. The highest BCUT2D eigenvalue weighted by atomic mass is 35.5. The van der Waals surface area contributed by atoms with Crippen LogP contribution in [0.4, 0.5) is 4.39 Å². The van der Waals surface area contributed by atoms with Crippen LogP contribution in [0.5, 0.6) is 0 Å². The Kier molecular flexibility index (Phi) is 3.12. The zero-order chi connectivity index (χ0) is 12.4. The second kappa shape index (κ2) is 4.44. The SMILES string of the molecule is CN1C2CCC1C1C(O)c3cc(F)ccc3C1C2.Cl. The van der Waals surface area contributed by atoms with E-state index in [0.29, 0.717) is 18.0 Å². The fraction of sp³-hybridized carbons (Fsp3) is 0.600. The third-order valence-electron chi connectivity index (χ3n) is 5.46. The van der Waals surface area contributed by atoms with Crippen LogP contribution in [0.3, 0.4) is 0 Å². The van der Waals surface area contributed by atoms with Gasteiger partial charge in [-0.15, -0.1) is 12.4 Å². The van der Waals surface area contributed by atoms with Crippen LogP contribution in [0.15, 0.2) is 18.2 Å². The maximum Gasteiger partial charge on any atom is 0.123 e. The van der Waals surface area contributed by atoms with Gasteiger partial charge in [0.2, 0.25) is 0 Å². The normalized spacial score (nSPS) is 39.6. The van der Waals surface area contributed by atoms with Crippen molar-refractivity contribution < 1.29 is 9.50 Å². The fourth-order valence-electron chi connectivity index (χ4n) is 4.62. The molecule has 0 aromatic heterocycles. The second-order valence-electron chi connectivity index (χ2n) is 6.10. The van der Waals surface area contributed by atoms with Crippen LogP contribution in [0.25, 0.3) is 0 Å². The molecule has 2 fully saturated rings. The highest BCUT2D eigenvalue weighted by Crippen LogP contribution is 2.56. The van der Waals surface area contributed by atoms with Crippen molar-refractivity contribution in [2.75, 3.05) is 7.05 Å². The highest BCUT2D eigenvalue weighted by molar-refractivity contribution is 5.85. The van der Waals surface area contributed by atoms with E-state index < -0.39 is 6.10 Å². The maximum absolute atomic E-state index is 13.4. The molecule has 4 heteroatoms. The Bertz CT molecular complexity index is 509. The van der Waals surface area contributed by atoms with Gasteiger partial charge < -0.3 is 10.0 Å². The lowest BCUT2D eigenvalue weighted by molar-refractivity contribution is 0.0194. The van der Waals surface area contributed by atoms with Crippen LogP contribution in [0.2, 0.25) is 0 Å². The number of piperidine rings is 1. The van der Waals surface area contributed by atoms with Gasteiger partial charge in [0.05, 0.1) is 6.10 Å². The molecule has 3 aliphatic rings. The van der Waals surface area contributed by atoms with Crippen LogP contribution >= 0.6 is 12.4 Å². The average molecular weight is 284 g/mol. The number of hydrogen-bond donors (Lipinski definition) is 1. The summed E-state index contributed by atoms with van der Waals surface area (Å²) in [5, 5.41) is 10.5. The number of benzene rings is 1. The summed E-state index contributed by atoms with van der Waals surface area (Å²) in [6, 6.07) is 6.09. The molecule has 1 aromatic carbocycles. The maximum atomic E-state index is 13.4. The largest absolute Gasteiger partial charge is 0.388 e. The van der Waals surface area contributed by atoms with Gasteiger partial charge in [0.1, 0.15) is 5.82 Å². The first-order valence-corrected chi connectivity index (χ1v) is 6.86. The Morgan fingerprint density at radius 3 is 2.84 bits per heavy atom. The molecule has 1 N–H and O–H groups in total. The van der Waals surface area contributed by atoms with Gasteiger partial charge in [0.25, 0.3) is 0 Å². The zero-order valence-corrected chi connectivity index (χ0v) is 11.7. The third-order valence-corrected chi connectivity index (χ3v) is 5.46. The molecule has 1 aliphatic carbocycles. The lowest BCUT2D eigenvalue weighted by Gasteiger charge is -2.41. The minimum absolute atomic E-state index is 0. The molecule has 5 atom stereocenters. The van der Waals surface area contributed by atoms with Gasteiger partial charge in [-0.25, -0.2) is 4.39 Å². The Labute approximate surface area is 119 Å². The van der Waals surface area contributed by atoms with Gasteiger partial charge in [-0.05, 0) is 55.5 Å². The summed E-state index contributed by atoms with van der Waals surface area (Å²) in [5.41, 5.74) is 2.03.